The van der Waals surface area contributed by atoms with Gasteiger partial charge in [-0.3, -0.25) is 19.3 Å². The lowest BCUT2D eigenvalue weighted by atomic mass is 9.58. The summed E-state index contributed by atoms with van der Waals surface area (Å²) in [4.78, 5) is 43.0. The summed E-state index contributed by atoms with van der Waals surface area (Å²) in [6, 6.07) is 1.74. The fourth-order valence-corrected chi connectivity index (χ4v) is 7.16. The Morgan fingerprint density at radius 3 is 2.30 bits per heavy atom. The molecule has 4 atom stereocenters. The summed E-state index contributed by atoms with van der Waals surface area (Å²) in [6.07, 6.45) is -4.68. The average Bonchev–Trinajstić information content (AvgIpc) is 3.32. The van der Waals surface area contributed by atoms with Gasteiger partial charge in [0.05, 0.1) is 11.6 Å². The number of carbonyl (C=O) groups is 3. The summed E-state index contributed by atoms with van der Waals surface area (Å²) in [6.45, 7) is 0.956. The van der Waals surface area contributed by atoms with E-state index in [9.17, 15) is 48.0 Å². The minimum absolute atomic E-state index is 0.0612. The number of allylic oxidation sites excluding steroid dienone is 1. The molecule has 0 aliphatic heterocycles. The third kappa shape index (κ3) is 4.93. The Balaban J connectivity index is 1.58. The molecule has 1 aromatic heterocycles. The number of aliphatic hydroxyl groups is 3. The lowest BCUT2D eigenvalue weighted by molar-refractivity contribution is -0.154. The molecular formula is C31H35F3N4O8. The number of halogens is 3. The number of amides is 1. The first kappa shape index (κ1) is 33.0. The van der Waals surface area contributed by atoms with Gasteiger partial charge in [0.25, 0.3) is 5.91 Å². The van der Waals surface area contributed by atoms with Gasteiger partial charge >= 0.3 is 6.18 Å². The maximum atomic E-state index is 14.1. The Morgan fingerprint density at radius 2 is 1.74 bits per heavy atom. The number of rotatable bonds is 7. The minimum atomic E-state index is -4.71. The van der Waals surface area contributed by atoms with E-state index in [1.165, 1.54) is 17.9 Å². The molecule has 3 aliphatic rings. The Morgan fingerprint density at radius 1 is 1.11 bits per heavy atom. The predicted octanol–water partition coefficient (Wildman–Crippen LogP) is 2.40. The molecule has 12 nitrogen and oxygen atoms in total. The number of nitrogens with one attached hydrogen (secondary N) is 1. The molecule has 0 radical (unpaired) electrons. The zero-order valence-corrected chi connectivity index (χ0v) is 25.7. The van der Waals surface area contributed by atoms with Crippen LogP contribution < -0.4 is 16.0 Å². The molecular weight excluding hydrogens is 613 g/mol. The first-order valence-electron chi connectivity index (χ1n) is 14.4. The lowest BCUT2D eigenvalue weighted by Gasteiger charge is -2.50. The van der Waals surface area contributed by atoms with Crippen LogP contribution in [0.5, 0.6) is 5.75 Å². The van der Waals surface area contributed by atoms with E-state index >= 15 is 0 Å². The van der Waals surface area contributed by atoms with E-state index in [-0.39, 0.29) is 54.0 Å². The number of likely N-dealkylation sites (N-methyl/N-ethyl adjacent to an activating group) is 1. The number of aromatic hydroxyl groups is 1. The molecule has 15 heteroatoms. The summed E-state index contributed by atoms with van der Waals surface area (Å²) in [5, 5.41) is 48.4. The second kappa shape index (κ2) is 11.2. The van der Waals surface area contributed by atoms with Crippen LogP contribution in [0.4, 0.5) is 18.9 Å². The van der Waals surface area contributed by atoms with Gasteiger partial charge in [-0.2, -0.15) is 13.2 Å². The zero-order chi connectivity index (χ0) is 34.2. The van der Waals surface area contributed by atoms with Crippen molar-refractivity contribution in [2.24, 2.45) is 17.6 Å². The highest BCUT2D eigenvalue weighted by atomic mass is 19.4. The highest BCUT2D eigenvalue weighted by Crippen LogP contribution is 2.53. The molecule has 0 spiro atoms. The molecule has 248 valence electrons. The second-order valence-electron chi connectivity index (χ2n) is 12.4. The number of hydrogen-bond donors (Lipinski definition) is 6. The van der Waals surface area contributed by atoms with Crippen molar-refractivity contribution in [2.45, 2.75) is 50.7 Å². The maximum Gasteiger partial charge on any atom is 0.449 e. The molecule has 7 N–H and O–H groups in total. The molecule has 5 rings (SSSR count). The van der Waals surface area contributed by atoms with Gasteiger partial charge in [0.15, 0.2) is 11.4 Å². The average molecular weight is 649 g/mol. The van der Waals surface area contributed by atoms with Crippen molar-refractivity contribution in [3.8, 4) is 5.75 Å². The van der Waals surface area contributed by atoms with Crippen molar-refractivity contribution < 1.29 is 52.4 Å². The molecule has 1 amide bonds. The van der Waals surface area contributed by atoms with Gasteiger partial charge in [-0.25, -0.2) is 0 Å². The lowest BCUT2D eigenvalue weighted by Crippen LogP contribution is -2.63. The number of phenolic OH excluding ortho intramolecular Hbond substituents is 1. The molecule has 3 aliphatic carbocycles. The first-order chi connectivity index (χ1) is 21.3. The second-order valence-corrected chi connectivity index (χ2v) is 12.4. The van der Waals surface area contributed by atoms with Gasteiger partial charge in [0, 0.05) is 55.5 Å². The van der Waals surface area contributed by atoms with Crippen LogP contribution in [-0.4, -0.2) is 82.6 Å². The van der Waals surface area contributed by atoms with Gasteiger partial charge < -0.3 is 40.8 Å². The molecule has 2 aromatic rings. The number of aryl methyl sites for hydroxylation is 1. The minimum Gasteiger partial charge on any atom is -0.510 e. The van der Waals surface area contributed by atoms with E-state index in [4.69, 9.17) is 10.2 Å². The smallest absolute Gasteiger partial charge is 0.449 e. The van der Waals surface area contributed by atoms with Crippen LogP contribution in [0.3, 0.4) is 0 Å². The van der Waals surface area contributed by atoms with Gasteiger partial charge in [-0.15, -0.1) is 0 Å². The number of hydrogen-bond acceptors (Lipinski definition) is 11. The van der Waals surface area contributed by atoms with E-state index in [1.54, 1.807) is 39.2 Å². The standard InChI is InChI=1S/C31H35F3N4O8/c1-12-6-15(28(46-12)31(32,33)34)11-36-10-14-9-18(37(2)3)16-7-13-8-17-22(38(4)5)25(41)21(29(35)44)27(43)30(17,45)26(42)19(13)24(40)20(16)23(14)39/h6,9,13,17,22,36,39,41-42,45H,7-8,10-11H2,1-5H3,(H2,35,44)/t13-,17-,22-,30-/m0/s1. The first-order valence-corrected chi connectivity index (χ1v) is 14.4. The van der Waals surface area contributed by atoms with Crippen molar-refractivity contribution >= 4 is 23.2 Å². The van der Waals surface area contributed by atoms with Gasteiger partial charge in [-0.1, -0.05) is 0 Å². The number of primary amides is 1. The Bertz CT molecular complexity index is 1720. The number of aliphatic hydroxyl groups excluding tert-OH is 2. The number of phenols is 1. The molecule has 46 heavy (non-hydrogen) atoms. The number of benzene rings is 1. The van der Waals surface area contributed by atoms with Crippen LogP contribution in [0.15, 0.2) is 39.2 Å². The van der Waals surface area contributed by atoms with E-state index in [0.717, 1.165) is 0 Å². The Hall–Kier alpha value is -4.34. The molecule has 0 bridgehead atoms. The van der Waals surface area contributed by atoms with E-state index < -0.39 is 75.7 Å². The van der Waals surface area contributed by atoms with Crippen molar-refractivity contribution in [3.05, 3.63) is 68.6 Å². The van der Waals surface area contributed by atoms with Crippen LogP contribution >= 0.6 is 0 Å². The highest BCUT2D eigenvalue weighted by Gasteiger charge is 2.63. The fraction of sp³-hybridized carbons (Fsp3) is 0.452. The molecule has 0 unspecified atom stereocenters. The Labute approximate surface area is 261 Å². The SMILES string of the molecule is Cc1cc(CNCc2cc(N(C)C)c3c(c2O)C(=O)C2=C(O)[C@]4(O)C(=O)C(C(N)=O)=C(O)[C@@H](N(C)C)[C@@H]4C[C@@H]2C3)c(C(F)(F)F)o1. The number of ketones is 2. The third-order valence-electron chi connectivity index (χ3n) is 9.08. The van der Waals surface area contributed by atoms with Crippen molar-refractivity contribution in [3.63, 3.8) is 0 Å². The summed E-state index contributed by atoms with van der Waals surface area (Å²) in [5.74, 6) is -8.64. The monoisotopic (exact) mass is 648 g/mol. The number of furan rings is 1. The topological polar surface area (TPSA) is 190 Å². The summed E-state index contributed by atoms with van der Waals surface area (Å²) in [5.41, 5.74) is 2.16. The van der Waals surface area contributed by atoms with Crippen LogP contribution in [0.2, 0.25) is 0 Å². The molecule has 1 aromatic carbocycles. The summed E-state index contributed by atoms with van der Waals surface area (Å²) in [7, 11) is 6.50. The number of carbonyl (C=O) groups excluding carboxylic acids is 3. The maximum absolute atomic E-state index is 14.1. The van der Waals surface area contributed by atoms with E-state index in [2.05, 4.69) is 5.32 Å². The van der Waals surface area contributed by atoms with Crippen LogP contribution in [0.1, 0.15) is 45.0 Å². The van der Waals surface area contributed by atoms with Gasteiger partial charge in [-0.05, 0) is 57.5 Å². The third-order valence-corrected chi connectivity index (χ3v) is 9.08. The van der Waals surface area contributed by atoms with Crippen molar-refractivity contribution in [1.82, 2.24) is 10.2 Å². The molecule has 1 heterocycles. The zero-order valence-electron chi connectivity index (χ0n) is 25.7. The number of nitrogens with two attached hydrogens (primary N) is 1. The quantitative estimate of drug-likeness (QED) is 0.242. The number of Topliss-reactive ketones (excluding diaryl/α,β-unsaturated/α-hetero) is 2. The Kier molecular flexibility index (Phi) is 8.02. The van der Waals surface area contributed by atoms with Crippen molar-refractivity contribution in [2.75, 3.05) is 33.1 Å². The summed E-state index contributed by atoms with van der Waals surface area (Å²) >= 11 is 0. The summed E-state index contributed by atoms with van der Waals surface area (Å²) < 4.78 is 45.0. The van der Waals surface area contributed by atoms with E-state index in [0.29, 0.717) is 11.3 Å². The van der Waals surface area contributed by atoms with Gasteiger partial charge in [0.1, 0.15) is 28.6 Å². The molecule has 0 saturated heterocycles. The van der Waals surface area contributed by atoms with E-state index in [1.807, 2.05) is 0 Å². The van der Waals surface area contributed by atoms with Gasteiger partial charge in [0.2, 0.25) is 11.5 Å². The number of fused-ring (bicyclic) bond motifs is 3. The largest absolute Gasteiger partial charge is 0.510 e. The normalized spacial score (nSPS) is 24.7. The fourth-order valence-electron chi connectivity index (χ4n) is 7.16. The number of alkyl halides is 3. The number of nitrogens with zero attached hydrogens (tertiary/aromatic N) is 2. The predicted molar refractivity (Wildman–Crippen MR) is 157 cm³/mol. The van der Waals surface area contributed by atoms with Crippen LogP contribution in [-0.2, 0) is 35.3 Å². The molecule has 0 saturated carbocycles. The van der Waals surface area contributed by atoms with Crippen molar-refractivity contribution in [1.29, 1.82) is 0 Å². The van der Waals surface area contributed by atoms with Crippen LogP contribution in [0.25, 0.3) is 0 Å². The number of anilines is 1. The van der Waals surface area contributed by atoms with Crippen LogP contribution in [0, 0.1) is 18.8 Å². The highest BCUT2D eigenvalue weighted by molar-refractivity contribution is 6.25. The molecule has 0 fully saturated rings.